The van der Waals surface area contributed by atoms with Gasteiger partial charge in [0.25, 0.3) is 0 Å². The van der Waals surface area contributed by atoms with Crippen molar-refractivity contribution in [2.24, 2.45) is 23.1 Å². The summed E-state index contributed by atoms with van der Waals surface area (Å²) in [6.07, 6.45) is 8.57. The molecule has 0 saturated heterocycles. The zero-order chi connectivity index (χ0) is 25.0. The maximum absolute atomic E-state index is 13.3. The predicted octanol–water partition coefficient (Wildman–Crippen LogP) is 1.57. The molecule has 1 aliphatic rings. The minimum Gasteiger partial charge on any atom is -0.343 e. The lowest BCUT2D eigenvalue weighted by Crippen LogP contribution is -2.51. The normalized spacial score (nSPS) is 16.2. The first-order valence-electron chi connectivity index (χ1n) is 12.8. The summed E-state index contributed by atoms with van der Waals surface area (Å²) >= 11 is 0. The van der Waals surface area contributed by atoms with Crippen molar-refractivity contribution >= 4 is 28.4 Å². The average Bonchev–Trinajstić information content (AvgIpc) is 2.87. The standard InChI is InChI=1S/C26H41N7O2/c27-11-15-33(16-12-28)14-10-22(29)25(34)32-24(17-19-5-2-1-3-6-19)26(35)31-21-8-9-23-20(18-21)7-4-13-30-23/h4,7-9,13,18-19,22,24H,1-3,5-6,10-12,14-17,27-29H2,(H,31,35)(H,32,34). The van der Waals surface area contributed by atoms with E-state index in [2.05, 4.69) is 20.5 Å². The number of rotatable bonds is 13. The van der Waals surface area contributed by atoms with E-state index >= 15 is 0 Å². The van der Waals surface area contributed by atoms with Crippen molar-refractivity contribution in [3.63, 3.8) is 0 Å². The van der Waals surface area contributed by atoms with Crippen molar-refractivity contribution in [2.45, 2.75) is 57.0 Å². The van der Waals surface area contributed by atoms with E-state index in [4.69, 9.17) is 17.2 Å². The zero-order valence-corrected chi connectivity index (χ0v) is 20.6. The number of hydrogen-bond acceptors (Lipinski definition) is 7. The number of anilines is 1. The van der Waals surface area contributed by atoms with Crippen LogP contribution in [0.1, 0.15) is 44.9 Å². The van der Waals surface area contributed by atoms with Gasteiger partial charge in [-0.1, -0.05) is 38.2 Å². The predicted molar refractivity (Wildman–Crippen MR) is 141 cm³/mol. The Balaban J connectivity index is 1.64. The van der Waals surface area contributed by atoms with Gasteiger partial charge in [-0.3, -0.25) is 14.6 Å². The SMILES string of the molecule is NCCN(CCN)CCC(N)C(=O)NC(CC1CCCCC1)C(=O)Nc1ccc2ncccc2c1. The van der Waals surface area contributed by atoms with E-state index < -0.39 is 12.1 Å². The van der Waals surface area contributed by atoms with Gasteiger partial charge in [-0.25, -0.2) is 0 Å². The molecule has 9 nitrogen and oxygen atoms in total. The smallest absolute Gasteiger partial charge is 0.246 e. The van der Waals surface area contributed by atoms with E-state index in [0.29, 0.717) is 57.2 Å². The third kappa shape index (κ3) is 8.54. The summed E-state index contributed by atoms with van der Waals surface area (Å²) in [5.74, 6) is -0.0993. The molecule has 3 rings (SSSR count). The summed E-state index contributed by atoms with van der Waals surface area (Å²) in [5, 5.41) is 6.89. The molecule has 2 atom stereocenters. The molecule has 9 heteroatoms. The number of carbonyl (C=O) groups is 2. The van der Waals surface area contributed by atoms with Gasteiger partial charge < -0.3 is 32.7 Å². The molecule has 2 aromatic rings. The molecule has 2 amide bonds. The van der Waals surface area contributed by atoms with E-state index in [-0.39, 0.29) is 11.8 Å². The third-order valence-corrected chi connectivity index (χ3v) is 6.78. The number of fused-ring (bicyclic) bond motifs is 1. The van der Waals surface area contributed by atoms with Crippen LogP contribution in [0.5, 0.6) is 0 Å². The van der Waals surface area contributed by atoms with Gasteiger partial charge in [0.15, 0.2) is 0 Å². The van der Waals surface area contributed by atoms with Crippen molar-refractivity contribution in [1.29, 1.82) is 0 Å². The van der Waals surface area contributed by atoms with Crippen LogP contribution >= 0.6 is 0 Å². The zero-order valence-electron chi connectivity index (χ0n) is 20.6. The highest BCUT2D eigenvalue weighted by molar-refractivity contribution is 5.99. The van der Waals surface area contributed by atoms with Crippen LogP contribution < -0.4 is 27.8 Å². The van der Waals surface area contributed by atoms with Gasteiger partial charge in [0.1, 0.15) is 6.04 Å². The molecule has 0 aliphatic heterocycles. The molecule has 0 radical (unpaired) electrons. The average molecular weight is 484 g/mol. The Kier molecular flexibility index (Phi) is 10.9. The lowest BCUT2D eigenvalue weighted by molar-refractivity contribution is -0.127. The number of nitrogens with two attached hydrogens (primary N) is 3. The van der Waals surface area contributed by atoms with E-state index in [0.717, 1.165) is 23.7 Å². The first-order chi connectivity index (χ1) is 17.0. The largest absolute Gasteiger partial charge is 0.343 e. The third-order valence-electron chi connectivity index (χ3n) is 6.78. The first kappa shape index (κ1) is 27.0. The summed E-state index contributed by atoms with van der Waals surface area (Å²) in [6.45, 7) is 3.10. The molecule has 1 saturated carbocycles. The Bertz CT molecular complexity index is 942. The van der Waals surface area contributed by atoms with Gasteiger partial charge in [-0.05, 0) is 43.0 Å². The number of hydrogen-bond donors (Lipinski definition) is 5. The van der Waals surface area contributed by atoms with E-state index in [1.165, 1.54) is 19.3 Å². The molecule has 0 spiro atoms. The summed E-state index contributed by atoms with van der Waals surface area (Å²) in [4.78, 5) is 32.7. The minimum absolute atomic E-state index is 0.216. The Morgan fingerprint density at radius 3 is 2.49 bits per heavy atom. The fourth-order valence-corrected chi connectivity index (χ4v) is 4.80. The van der Waals surface area contributed by atoms with Crippen molar-refractivity contribution < 1.29 is 9.59 Å². The molecule has 2 unspecified atom stereocenters. The number of carbonyl (C=O) groups excluding carboxylic acids is 2. The number of nitrogens with one attached hydrogen (secondary N) is 2. The van der Waals surface area contributed by atoms with E-state index in [9.17, 15) is 9.59 Å². The molecule has 1 aromatic heterocycles. The Morgan fingerprint density at radius 1 is 1.03 bits per heavy atom. The monoisotopic (exact) mass is 483 g/mol. The highest BCUT2D eigenvalue weighted by Gasteiger charge is 2.28. The summed E-state index contributed by atoms with van der Waals surface area (Å²) in [6, 6.07) is 8.09. The fraction of sp³-hybridized carbons (Fsp3) is 0.577. The maximum Gasteiger partial charge on any atom is 0.246 e. The van der Waals surface area contributed by atoms with Gasteiger partial charge in [-0.2, -0.15) is 0 Å². The lowest BCUT2D eigenvalue weighted by Gasteiger charge is -2.28. The van der Waals surface area contributed by atoms with Crippen LogP contribution in [-0.2, 0) is 9.59 Å². The number of amides is 2. The molecule has 1 heterocycles. The van der Waals surface area contributed by atoms with Gasteiger partial charge >= 0.3 is 0 Å². The first-order valence-corrected chi connectivity index (χ1v) is 12.8. The van der Waals surface area contributed by atoms with Crippen LogP contribution in [0.15, 0.2) is 36.5 Å². The molecule has 35 heavy (non-hydrogen) atoms. The molecule has 1 fully saturated rings. The highest BCUT2D eigenvalue weighted by Crippen LogP contribution is 2.28. The number of pyridine rings is 1. The molecular formula is C26H41N7O2. The summed E-state index contributed by atoms with van der Waals surface area (Å²) < 4.78 is 0. The Hall–Kier alpha value is -2.59. The van der Waals surface area contributed by atoms with Crippen LogP contribution in [0, 0.1) is 5.92 Å². The van der Waals surface area contributed by atoms with Crippen LogP contribution in [-0.4, -0.2) is 66.5 Å². The summed E-state index contributed by atoms with van der Waals surface area (Å²) in [7, 11) is 0. The van der Waals surface area contributed by atoms with Crippen molar-refractivity contribution in [3.05, 3.63) is 36.5 Å². The van der Waals surface area contributed by atoms with Crippen LogP contribution in [0.25, 0.3) is 10.9 Å². The molecular weight excluding hydrogens is 442 g/mol. The Labute approximate surface area is 208 Å². The number of aromatic nitrogens is 1. The number of nitrogens with zero attached hydrogens (tertiary/aromatic N) is 2. The Morgan fingerprint density at radius 2 is 1.77 bits per heavy atom. The van der Waals surface area contributed by atoms with Crippen molar-refractivity contribution in [2.75, 3.05) is 38.0 Å². The highest BCUT2D eigenvalue weighted by atomic mass is 16.2. The molecule has 192 valence electrons. The lowest BCUT2D eigenvalue weighted by atomic mass is 9.84. The second kappa shape index (κ2) is 14.1. The fourth-order valence-electron chi connectivity index (χ4n) is 4.80. The van der Waals surface area contributed by atoms with E-state index in [1.807, 2.05) is 30.3 Å². The van der Waals surface area contributed by atoms with Crippen LogP contribution in [0.2, 0.25) is 0 Å². The van der Waals surface area contributed by atoms with Gasteiger partial charge in [0, 0.05) is 50.0 Å². The van der Waals surface area contributed by atoms with Crippen molar-refractivity contribution in [1.82, 2.24) is 15.2 Å². The van der Waals surface area contributed by atoms with Gasteiger partial charge in [-0.15, -0.1) is 0 Å². The summed E-state index contributed by atoms with van der Waals surface area (Å²) in [5.41, 5.74) is 19.1. The van der Waals surface area contributed by atoms with Crippen LogP contribution in [0.4, 0.5) is 5.69 Å². The topological polar surface area (TPSA) is 152 Å². The molecule has 8 N–H and O–H groups in total. The maximum atomic E-state index is 13.3. The van der Waals surface area contributed by atoms with Crippen LogP contribution in [0.3, 0.4) is 0 Å². The molecule has 0 bridgehead atoms. The van der Waals surface area contributed by atoms with Gasteiger partial charge in [0.2, 0.25) is 11.8 Å². The molecule has 1 aliphatic carbocycles. The van der Waals surface area contributed by atoms with Crippen molar-refractivity contribution in [3.8, 4) is 0 Å². The second-order valence-corrected chi connectivity index (χ2v) is 9.52. The number of benzene rings is 1. The molecule has 1 aromatic carbocycles. The second-order valence-electron chi connectivity index (χ2n) is 9.52. The van der Waals surface area contributed by atoms with E-state index in [1.54, 1.807) is 6.20 Å². The minimum atomic E-state index is -0.707. The quantitative estimate of drug-likeness (QED) is 0.290. The van der Waals surface area contributed by atoms with Gasteiger partial charge in [0.05, 0.1) is 11.6 Å².